The van der Waals surface area contributed by atoms with Crippen molar-refractivity contribution in [3.05, 3.63) is 24.2 Å². The third-order valence-electron chi connectivity index (χ3n) is 2.78. The Bertz CT molecular complexity index is 593. The number of rotatable bonds is 7. The van der Waals surface area contributed by atoms with Gasteiger partial charge in [0, 0.05) is 18.9 Å². The molecule has 0 aliphatic rings. The first kappa shape index (κ1) is 14.3. The van der Waals surface area contributed by atoms with Gasteiger partial charge >= 0.3 is 0 Å². The molecule has 0 fully saturated rings. The van der Waals surface area contributed by atoms with Gasteiger partial charge in [0.25, 0.3) is 0 Å². The summed E-state index contributed by atoms with van der Waals surface area (Å²) in [4.78, 5) is 14.8. The number of nitrogens with one attached hydrogen (secondary N) is 1. The number of amides is 1. The summed E-state index contributed by atoms with van der Waals surface area (Å²) in [5.41, 5.74) is 6.92. The molecule has 0 aliphatic heterocycles. The molecule has 2 aromatic rings. The van der Waals surface area contributed by atoms with Gasteiger partial charge in [-0.1, -0.05) is 13.8 Å². The Morgan fingerprint density at radius 2 is 2.35 bits per heavy atom. The maximum atomic E-state index is 10.5. The minimum Gasteiger partial charge on any atom is -0.370 e. The van der Waals surface area contributed by atoms with Crippen LogP contribution in [0.4, 0.5) is 5.82 Å². The van der Waals surface area contributed by atoms with Gasteiger partial charge in [0.15, 0.2) is 5.82 Å². The number of hydrogen-bond donors (Lipinski definition) is 2. The molecule has 0 bridgehead atoms. The Morgan fingerprint density at radius 3 is 3.05 bits per heavy atom. The summed E-state index contributed by atoms with van der Waals surface area (Å²) < 4.78 is 6.89. The Morgan fingerprint density at radius 1 is 1.55 bits per heavy atom. The van der Waals surface area contributed by atoms with Crippen molar-refractivity contribution in [1.29, 1.82) is 0 Å². The third-order valence-corrected chi connectivity index (χ3v) is 2.78. The second-order valence-electron chi connectivity index (χ2n) is 4.78. The third kappa shape index (κ3) is 3.45. The number of fused-ring (bicyclic) bond motifs is 1. The van der Waals surface area contributed by atoms with Crippen LogP contribution in [0.3, 0.4) is 0 Å². The maximum Gasteiger partial charge on any atom is 0.243 e. The molecule has 0 saturated carbocycles. The summed E-state index contributed by atoms with van der Waals surface area (Å²) in [6.45, 7) is 5.06. The van der Waals surface area contributed by atoms with Crippen molar-refractivity contribution in [1.82, 2.24) is 14.6 Å². The van der Waals surface area contributed by atoms with Crippen molar-refractivity contribution in [2.45, 2.75) is 19.8 Å². The molecule has 0 atom stereocenters. The quantitative estimate of drug-likeness (QED) is 0.729. The molecule has 2 aromatic heterocycles. The fourth-order valence-corrected chi connectivity index (χ4v) is 1.77. The summed E-state index contributed by atoms with van der Waals surface area (Å²) in [6.07, 6.45) is 3.51. The van der Waals surface area contributed by atoms with Gasteiger partial charge in [-0.05, 0) is 12.0 Å². The molecule has 0 radical (unpaired) electrons. The maximum absolute atomic E-state index is 10.5. The molecule has 108 valence electrons. The van der Waals surface area contributed by atoms with Crippen LogP contribution in [0.5, 0.6) is 0 Å². The van der Waals surface area contributed by atoms with E-state index in [4.69, 9.17) is 10.5 Å². The highest BCUT2D eigenvalue weighted by Gasteiger charge is 2.09. The van der Waals surface area contributed by atoms with Gasteiger partial charge in [-0.25, -0.2) is 9.50 Å². The lowest BCUT2D eigenvalue weighted by Crippen LogP contribution is -2.20. The molecule has 1 amide bonds. The fraction of sp³-hybridized carbons (Fsp3) is 0.462. The van der Waals surface area contributed by atoms with Crippen LogP contribution in [0.15, 0.2) is 18.5 Å². The van der Waals surface area contributed by atoms with Gasteiger partial charge in [-0.15, -0.1) is 0 Å². The molecule has 0 aromatic carbocycles. The molecule has 0 spiro atoms. The lowest BCUT2D eigenvalue weighted by Gasteiger charge is -2.06. The second-order valence-corrected chi connectivity index (χ2v) is 4.78. The molecule has 7 nitrogen and oxygen atoms in total. The van der Waals surface area contributed by atoms with Crippen LogP contribution >= 0.6 is 0 Å². The molecule has 3 N–H and O–H groups in total. The molecule has 0 saturated heterocycles. The van der Waals surface area contributed by atoms with Crippen molar-refractivity contribution in [3.63, 3.8) is 0 Å². The number of carbonyl (C=O) groups is 1. The van der Waals surface area contributed by atoms with Crippen molar-refractivity contribution >= 4 is 17.2 Å². The molecular formula is C13H19N5O2. The SMILES string of the molecule is CC(C)c1cc2c(NCCOCC(N)=O)nccn2n1. The van der Waals surface area contributed by atoms with Crippen molar-refractivity contribution < 1.29 is 9.53 Å². The highest BCUT2D eigenvalue weighted by Crippen LogP contribution is 2.19. The Balaban J connectivity index is 2.00. The molecule has 2 heterocycles. The van der Waals surface area contributed by atoms with Gasteiger partial charge in [-0.3, -0.25) is 4.79 Å². The van der Waals surface area contributed by atoms with Crippen LogP contribution in [0.25, 0.3) is 5.52 Å². The molecule has 0 unspecified atom stereocenters. The minimum atomic E-state index is -0.470. The average Bonchev–Trinajstić information content (AvgIpc) is 2.83. The van der Waals surface area contributed by atoms with Crippen LogP contribution in [0.2, 0.25) is 0 Å². The molecular weight excluding hydrogens is 258 g/mol. The standard InChI is InChI=1S/C13H19N5O2/c1-9(2)10-7-11-13(15-3-5-18(11)17-10)16-4-6-20-8-12(14)19/h3,5,7,9H,4,6,8H2,1-2H3,(H2,14,19)(H,15,16). The highest BCUT2D eigenvalue weighted by atomic mass is 16.5. The van der Waals surface area contributed by atoms with Crippen LogP contribution in [-0.4, -0.2) is 40.3 Å². The number of primary amides is 1. The van der Waals surface area contributed by atoms with Gasteiger partial charge in [0.05, 0.1) is 12.3 Å². The minimum absolute atomic E-state index is 0.0660. The number of aromatic nitrogens is 3. The summed E-state index contributed by atoms with van der Waals surface area (Å²) >= 11 is 0. The van der Waals surface area contributed by atoms with E-state index in [1.54, 1.807) is 10.7 Å². The zero-order valence-corrected chi connectivity index (χ0v) is 11.7. The number of nitrogens with zero attached hydrogens (tertiary/aromatic N) is 3. The molecule has 7 heteroatoms. The summed E-state index contributed by atoms with van der Waals surface area (Å²) in [5.74, 6) is 0.638. The van der Waals surface area contributed by atoms with E-state index in [2.05, 4.69) is 29.2 Å². The van der Waals surface area contributed by atoms with Gasteiger partial charge in [-0.2, -0.15) is 5.10 Å². The fourth-order valence-electron chi connectivity index (χ4n) is 1.77. The van der Waals surface area contributed by atoms with Crippen LogP contribution < -0.4 is 11.1 Å². The van der Waals surface area contributed by atoms with E-state index in [1.165, 1.54) is 0 Å². The van der Waals surface area contributed by atoms with E-state index >= 15 is 0 Å². The monoisotopic (exact) mass is 277 g/mol. The Labute approximate surface area is 117 Å². The van der Waals surface area contributed by atoms with E-state index in [1.807, 2.05) is 12.3 Å². The number of carbonyl (C=O) groups excluding carboxylic acids is 1. The number of nitrogens with two attached hydrogens (primary N) is 1. The van der Waals surface area contributed by atoms with Gasteiger partial charge in [0.2, 0.25) is 5.91 Å². The molecule has 0 aliphatic carbocycles. The second kappa shape index (κ2) is 6.33. The van der Waals surface area contributed by atoms with Gasteiger partial charge in [0.1, 0.15) is 12.1 Å². The number of anilines is 1. The van der Waals surface area contributed by atoms with E-state index in [0.717, 1.165) is 17.0 Å². The first-order valence-electron chi connectivity index (χ1n) is 6.52. The van der Waals surface area contributed by atoms with Crippen molar-refractivity contribution in [2.75, 3.05) is 25.1 Å². The largest absolute Gasteiger partial charge is 0.370 e. The van der Waals surface area contributed by atoms with E-state index in [9.17, 15) is 4.79 Å². The zero-order valence-electron chi connectivity index (χ0n) is 11.7. The normalized spacial score (nSPS) is 11.2. The summed E-state index contributed by atoms with van der Waals surface area (Å²) in [5, 5.41) is 7.65. The van der Waals surface area contributed by atoms with E-state index in [0.29, 0.717) is 19.1 Å². The van der Waals surface area contributed by atoms with Crippen LogP contribution in [-0.2, 0) is 9.53 Å². The first-order valence-corrected chi connectivity index (χ1v) is 6.52. The molecule has 20 heavy (non-hydrogen) atoms. The van der Waals surface area contributed by atoms with Gasteiger partial charge < -0.3 is 15.8 Å². The van der Waals surface area contributed by atoms with E-state index < -0.39 is 5.91 Å². The number of ether oxygens (including phenoxy) is 1. The lowest BCUT2D eigenvalue weighted by atomic mass is 10.1. The number of hydrogen-bond acceptors (Lipinski definition) is 5. The Hall–Kier alpha value is -2.15. The van der Waals surface area contributed by atoms with Crippen molar-refractivity contribution in [2.24, 2.45) is 5.73 Å². The van der Waals surface area contributed by atoms with E-state index in [-0.39, 0.29) is 6.61 Å². The first-order chi connectivity index (χ1) is 9.58. The Kier molecular flexibility index (Phi) is 4.52. The van der Waals surface area contributed by atoms with Crippen molar-refractivity contribution in [3.8, 4) is 0 Å². The summed E-state index contributed by atoms with van der Waals surface area (Å²) in [7, 11) is 0. The smallest absolute Gasteiger partial charge is 0.243 e. The topological polar surface area (TPSA) is 94.5 Å². The predicted molar refractivity (Wildman–Crippen MR) is 75.6 cm³/mol. The van der Waals surface area contributed by atoms with Crippen LogP contribution in [0.1, 0.15) is 25.5 Å². The predicted octanol–water partition coefficient (Wildman–Crippen LogP) is 0.766. The summed E-state index contributed by atoms with van der Waals surface area (Å²) in [6, 6.07) is 2.02. The van der Waals surface area contributed by atoms with Crippen LogP contribution in [0, 0.1) is 0 Å². The average molecular weight is 277 g/mol. The lowest BCUT2D eigenvalue weighted by molar-refractivity contribution is -0.122. The highest BCUT2D eigenvalue weighted by molar-refractivity contribution is 5.75. The zero-order chi connectivity index (χ0) is 14.5. The molecule has 2 rings (SSSR count).